The highest BCUT2D eigenvalue weighted by molar-refractivity contribution is 14.0. The van der Waals surface area contributed by atoms with E-state index < -0.39 is 0 Å². The number of nitrogens with zero attached hydrogens (tertiary/aromatic N) is 2. The van der Waals surface area contributed by atoms with Gasteiger partial charge in [0.05, 0.1) is 0 Å². The molecule has 0 aromatic heterocycles. The number of hydrogen-bond acceptors (Lipinski definition) is 2. The smallest absolute Gasteiger partial charge is 0.191 e. The van der Waals surface area contributed by atoms with E-state index in [1.807, 2.05) is 49.3 Å². The topological polar surface area (TPSA) is 39.7 Å². The molecule has 2 N–H and O–H groups in total. The Hall–Kier alpha value is -1.38. The second kappa shape index (κ2) is 11.4. The van der Waals surface area contributed by atoms with E-state index >= 15 is 0 Å². The molecule has 2 aromatic rings. The SMILES string of the molecule is CN=C(NCc1ccc(F)c(CN(C)C)c1)NCc1ccccc1Cl.I. The average Bonchev–Trinajstić information content (AvgIpc) is 2.58. The Morgan fingerprint density at radius 1 is 1.08 bits per heavy atom. The summed E-state index contributed by atoms with van der Waals surface area (Å²) < 4.78 is 13.8. The van der Waals surface area contributed by atoms with Gasteiger partial charge in [-0.15, -0.1) is 24.0 Å². The Balaban J connectivity index is 0.00000338. The summed E-state index contributed by atoms with van der Waals surface area (Å²) in [7, 11) is 5.56. The van der Waals surface area contributed by atoms with Crippen LogP contribution in [-0.4, -0.2) is 32.0 Å². The molecule has 0 saturated carbocycles. The fourth-order valence-electron chi connectivity index (χ4n) is 2.43. The summed E-state index contributed by atoms with van der Waals surface area (Å²) in [4.78, 5) is 6.15. The molecule has 0 aliphatic carbocycles. The number of nitrogens with one attached hydrogen (secondary N) is 2. The summed E-state index contributed by atoms with van der Waals surface area (Å²) in [5.74, 6) is 0.483. The van der Waals surface area contributed by atoms with Crippen molar-refractivity contribution in [2.45, 2.75) is 19.6 Å². The van der Waals surface area contributed by atoms with Crippen LogP contribution < -0.4 is 10.6 Å². The second-order valence-corrected chi connectivity index (χ2v) is 6.44. The molecule has 0 heterocycles. The van der Waals surface area contributed by atoms with Gasteiger partial charge in [0.25, 0.3) is 0 Å². The molecule has 0 aliphatic heterocycles. The number of halogens is 3. The minimum atomic E-state index is -0.182. The molecule has 0 saturated heterocycles. The summed E-state index contributed by atoms with van der Waals surface area (Å²) in [5, 5.41) is 7.18. The molecule has 26 heavy (non-hydrogen) atoms. The van der Waals surface area contributed by atoms with Crippen LogP contribution >= 0.6 is 35.6 Å². The van der Waals surface area contributed by atoms with E-state index in [0.29, 0.717) is 31.2 Å². The Bertz CT molecular complexity index is 737. The van der Waals surface area contributed by atoms with Crippen LogP contribution in [-0.2, 0) is 19.6 Å². The third-order valence-corrected chi connectivity index (χ3v) is 4.05. The van der Waals surface area contributed by atoms with Crippen molar-refractivity contribution in [1.82, 2.24) is 15.5 Å². The minimum Gasteiger partial charge on any atom is -0.352 e. The molecule has 2 rings (SSSR count). The van der Waals surface area contributed by atoms with Gasteiger partial charge in [-0.05, 0) is 43.4 Å². The maximum absolute atomic E-state index is 13.8. The van der Waals surface area contributed by atoms with Gasteiger partial charge in [0.1, 0.15) is 5.82 Å². The third kappa shape index (κ3) is 7.09. The van der Waals surface area contributed by atoms with Crippen molar-refractivity contribution in [2.75, 3.05) is 21.1 Å². The Kier molecular flexibility index (Phi) is 9.90. The van der Waals surface area contributed by atoms with Crippen molar-refractivity contribution < 1.29 is 4.39 Å². The summed E-state index contributed by atoms with van der Waals surface area (Å²) in [6.45, 7) is 1.71. The number of rotatable bonds is 6. The van der Waals surface area contributed by atoms with Gasteiger partial charge >= 0.3 is 0 Å². The zero-order chi connectivity index (χ0) is 18.2. The molecule has 0 fully saturated rings. The number of hydrogen-bond donors (Lipinski definition) is 2. The van der Waals surface area contributed by atoms with E-state index in [-0.39, 0.29) is 29.8 Å². The maximum Gasteiger partial charge on any atom is 0.191 e. The number of aliphatic imine (C=N–C) groups is 1. The minimum absolute atomic E-state index is 0. The monoisotopic (exact) mass is 490 g/mol. The van der Waals surface area contributed by atoms with Crippen molar-refractivity contribution in [3.05, 3.63) is 70.0 Å². The molecular formula is C19H25ClFIN4. The van der Waals surface area contributed by atoms with E-state index in [1.54, 1.807) is 13.1 Å². The normalized spacial score (nSPS) is 11.2. The molecule has 0 amide bonds. The van der Waals surface area contributed by atoms with Crippen molar-refractivity contribution in [3.8, 4) is 0 Å². The predicted octanol–water partition coefficient (Wildman–Crippen LogP) is 4.02. The molecule has 2 aromatic carbocycles. The van der Waals surface area contributed by atoms with Crippen LogP contribution in [0.15, 0.2) is 47.5 Å². The van der Waals surface area contributed by atoms with Crippen LogP contribution in [0.3, 0.4) is 0 Å². The van der Waals surface area contributed by atoms with Crippen LogP contribution in [0.1, 0.15) is 16.7 Å². The highest BCUT2D eigenvalue weighted by atomic mass is 127. The van der Waals surface area contributed by atoms with E-state index in [2.05, 4.69) is 15.6 Å². The zero-order valence-corrected chi connectivity index (χ0v) is 18.3. The fraction of sp³-hybridized carbons (Fsp3) is 0.316. The van der Waals surface area contributed by atoms with Crippen molar-refractivity contribution >= 4 is 41.5 Å². The lowest BCUT2D eigenvalue weighted by Gasteiger charge is -2.14. The van der Waals surface area contributed by atoms with Gasteiger partial charge < -0.3 is 15.5 Å². The van der Waals surface area contributed by atoms with Crippen molar-refractivity contribution in [1.29, 1.82) is 0 Å². The molecule has 7 heteroatoms. The highest BCUT2D eigenvalue weighted by Crippen LogP contribution is 2.14. The first-order chi connectivity index (χ1) is 12.0. The van der Waals surface area contributed by atoms with Gasteiger partial charge in [-0.2, -0.15) is 0 Å². The van der Waals surface area contributed by atoms with E-state index in [1.165, 1.54) is 6.07 Å². The third-order valence-electron chi connectivity index (χ3n) is 3.68. The number of benzene rings is 2. The van der Waals surface area contributed by atoms with E-state index in [4.69, 9.17) is 11.6 Å². The first-order valence-electron chi connectivity index (χ1n) is 8.09. The molecule has 0 bridgehead atoms. The fourth-order valence-corrected chi connectivity index (χ4v) is 2.63. The molecule has 0 aliphatic rings. The van der Waals surface area contributed by atoms with Gasteiger partial charge in [0.2, 0.25) is 0 Å². The Labute approximate surface area is 176 Å². The van der Waals surface area contributed by atoms with Gasteiger partial charge in [0.15, 0.2) is 5.96 Å². The van der Waals surface area contributed by atoms with Crippen LogP contribution in [0.25, 0.3) is 0 Å². The summed E-state index contributed by atoms with van der Waals surface area (Å²) in [6.07, 6.45) is 0. The Morgan fingerprint density at radius 3 is 2.42 bits per heavy atom. The molecule has 4 nitrogen and oxygen atoms in total. The van der Waals surface area contributed by atoms with Gasteiger partial charge in [-0.25, -0.2) is 4.39 Å². The Morgan fingerprint density at radius 2 is 1.77 bits per heavy atom. The lowest BCUT2D eigenvalue weighted by Crippen LogP contribution is -2.36. The number of guanidine groups is 1. The van der Waals surface area contributed by atoms with Crippen LogP contribution in [0.5, 0.6) is 0 Å². The van der Waals surface area contributed by atoms with E-state index in [0.717, 1.165) is 16.1 Å². The molecule has 0 unspecified atom stereocenters. The summed E-state index contributed by atoms with van der Waals surface area (Å²) in [5.41, 5.74) is 2.68. The molecular weight excluding hydrogens is 466 g/mol. The quantitative estimate of drug-likeness (QED) is 0.365. The average molecular weight is 491 g/mol. The zero-order valence-electron chi connectivity index (χ0n) is 15.2. The van der Waals surface area contributed by atoms with Crippen LogP contribution in [0.4, 0.5) is 4.39 Å². The highest BCUT2D eigenvalue weighted by Gasteiger charge is 2.06. The van der Waals surface area contributed by atoms with Gasteiger partial charge in [-0.1, -0.05) is 35.9 Å². The van der Waals surface area contributed by atoms with Crippen molar-refractivity contribution in [2.24, 2.45) is 4.99 Å². The molecule has 0 spiro atoms. The lowest BCUT2D eigenvalue weighted by atomic mass is 10.1. The van der Waals surface area contributed by atoms with Gasteiger partial charge in [-0.3, -0.25) is 4.99 Å². The first-order valence-corrected chi connectivity index (χ1v) is 8.47. The summed E-state index contributed by atoms with van der Waals surface area (Å²) >= 11 is 6.16. The predicted molar refractivity (Wildman–Crippen MR) is 118 cm³/mol. The maximum atomic E-state index is 13.8. The van der Waals surface area contributed by atoms with Crippen LogP contribution in [0, 0.1) is 5.82 Å². The van der Waals surface area contributed by atoms with Gasteiger partial charge in [0, 0.05) is 37.3 Å². The van der Waals surface area contributed by atoms with Crippen LogP contribution in [0.2, 0.25) is 5.02 Å². The molecule has 0 atom stereocenters. The standard InChI is InChI=1S/C19H24ClFN4.HI/c1-22-19(24-12-15-6-4-5-7-17(15)20)23-11-14-8-9-18(21)16(10-14)13-25(2)3;/h4-10H,11-13H2,1-3H3,(H2,22,23,24);1H. The lowest BCUT2D eigenvalue weighted by molar-refractivity contribution is 0.392. The summed E-state index contributed by atoms with van der Waals surface area (Å²) in [6, 6.07) is 12.8. The van der Waals surface area contributed by atoms with Crippen molar-refractivity contribution in [3.63, 3.8) is 0 Å². The molecule has 142 valence electrons. The van der Waals surface area contributed by atoms with E-state index in [9.17, 15) is 4.39 Å². The largest absolute Gasteiger partial charge is 0.352 e. The first kappa shape index (κ1) is 22.7. The molecule has 0 radical (unpaired) electrons. The second-order valence-electron chi connectivity index (χ2n) is 6.03.